The molecular formula is C23H19F3N4O2S. The second-order valence-electron chi connectivity index (χ2n) is 7.35. The number of halogens is 3. The zero-order valence-corrected chi connectivity index (χ0v) is 18.1. The van der Waals surface area contributed by atoms with Crippen LogP contribution >= 0.6 is 11.3 Å². The van der Waals surface area contributed by atoms with Crippen LogP contribution in [-0.2, 0) is 23.9 Å². The molecule has 0 atom stereocenters. The molecule has 4 rings (SSSR count). The molecule has 33 heavy (non-hydrogen) atoms. The van der Waals surface area contributed by atoms with Crippen molar-refractivity contribution in [2.24, 2.45) is 0 Å². The van der Waals surface area contributed by atoms with E-state index in [-0.39, 0.29) is 11.6 Å². The molecule has 1 aliphatic heterocycles. The van der Waals surface area contributed by atoms with Crippen molar-refractivity contribution in [2.45, 2.75) is 19.1 Å². The molecule has 3 aromatic rings. The van der Waals surface area contributed by atoms with Gasteiger partial charge in [0.2, 0.25) is 5.91 Å². The van der Waals surface area contributed by atoms with Gasteiger partial charge in [0, 0.05) is 29.8 Å². The van der Waals surface area contributed by atoms with Gasteiger partial charge in [-0.2, -0.15) is 13.2 Å². The Hall–Kier alpha value is -3.66. The van der Waals surface area contributed by atoms with Crippen molar-refractivity contribution in [1.29, 1.82) is 0 Å². The summed E-state index contributed by atoms with van der Waals surface area (Å²) < 4.78 is 38.4. The van der Waals surface area contributed by atoms with Gasteiger partial charge in [-0.05, 0) is 54.0 Å². The third kappa shape index (κ3) is 5.06. The second kappa shape index (κ2) is 9.07. The monoisotopic (exact) mass is 472 g/mol. The summed E-state index contributed by atoms with van der Waals surface area (Å²) in [7, 11) is 0. The molecule has 2 amide bonds. The van der Waals surface area contributed by atoms with Crippen molar-refractivity contribution in [1.82, 2.24) is 9.88 Å². The number of hydrogen-bond donors (Lipinski definition) is 2. The number of rotatable bonds is 5. The van der Waals surface area contributed by atoms with E-state index in [2.05, 4.69) is 22.2 Å². The van der Waals surface area contributed by atoms with Gasteiger partial charge < -0.3 is 10.2 Å². The molecule has 2 N–H and O–H groups in total. The van der Waals surface area contributed by atoms with Gasteiger partial charge in [0.25, 0.3) is 5.91 Å². The average molecular weight is 472 g/mol. The fourth-order valence-electron chi connectivity index (χ4n) is 3.55. The van der Waals surface area contributed by atoms with Crippen molar-refractivity contribution in [2.75, 3.05) is 17.2 Å². The number of hydrogen-bond acceptors (Lipinski definition) is 5. The van der Waals surface area contributed by atoms with E-state index in [1.54, 1.807) is 10.3 Å². The maximum Gasteiger partial charge on any atom is 0.416 e. The van der Waals surface area contributed by atoms with Gasteiger partial charge in [-0.1, -0.05) is 18.7 Å². The van der Waals surface area contributed by atoms with Gasteiger partial charge in [0.15, 0.2) is 5.13 Å². The topological polar surface area (TPSA) is 74.3 Å². The van der Waals surface area contributed by atoms with E-state index >= 15 is 0 Å². The van der Waals surface area contributed by atoms with Crippen LogP contribution in [0.4, 0.5) is 29.7 Å². The lowest BCUT2D eigenvalue weighted by Crippen LogP contribution is -2.36. The van der Waals surface area contributed by atoms with Gasteiger partial charge in [0.05, 0.1) is 5.56 Å². The summed E-state index contributed by atoms with van der Waals surface area (Å²) in [5.41, 5.74) is 2.85. The van der Waals surface area contributed by atoms with E-state index in [4.69, 9.17) is 0 Å². The third-order valence-electron chi connectivity index (χ3n) is 5.18. The molecule has 10 heteroatoms. The highest BCUT2D eigenvalue weighted by Gasteiger charge is 2.30. The molecule has 0 fully saturated rings. The first-order valence-corrected chi connectivity index (χ1v) is 10.9. The number of nitrogens with one attached hydrogen (secondary N) is 2. The predicted octanol–water partition coefficient (Wildman–Crippen LogP) is 5.23. The largest absolute Gasteiger partial charge is 0.416 e. The summed E-state index contributed by atoms with van der Waals surface area (Å²) in [5.74, 6) is -0.638. The smallest absolute Gasteiger partial charge is 0.355 e. The second-order valence-corrected chi connectivity index (χ2v) is 8.21. The number of carbonyl (C=O) groups excluding carboxylic acids is 2. The van der Waals surface area contributed by atoms with E-state index in [1.165, 1.54) is 12.1 Å². The molecule has 2 aromatic carbocycles. The highest BCUT2D eigenvalue weighted by atomic mass is 32.1. The van der Waals surface area contributed by atoms with E-state index in [0.717, 1.165) is 46.4 Å². The van der Waals surface area contributed by atoms with Crippen LogP contribution in [0.15, 0.2) is 60.5 Å². The number of aromatic nitrogens is 1. The fourth-order valence-corrected chi connectivity index (χ4v) is 4.23. The van der Waals surface area contributed by atoms with E-state index in [0.29, 0.717) is 30.3 Å². The fraction of sp³-hybridized carbons (Fsp3) is 0.174. The first-order chi connectivity index (χ1) is 15.7. The van der Waals surface area contributed by atoms with E-state index in [9.17, 15) is 22.8 Å². The number of amides is 2. The van der Waals surface area contributed by atoms with Crippen LogP contribution in [0.1, 0.15) is 27.2 Å². The zero-order valence-electron chi connectivity index (χ0n) is 17.3. The maximum absolute atomic E-state index is 12.9. The Morgan fingerprint density at radius 1 is 1.15 bits per heavy atom. The molecule has 1 aromatic heterocycles. The summed E-state index contributed by atoms with van der Waals surface area (Å²) in [5, 5.41) is 7.64. The standard InChI is InChI=1S/C23H19F3N4O2S/c1-2-20(31)29-22-28-19(13-33-22)21(32)30-11-10-17-14(12-30)4-3-5-18(17)27-16-8-6-15(7-9-16)23(24,25)26/h2-9,13,27H,1,10-12H2,(H,28,29,31). The number of carbonyl (C=O) groups is 2. The minimum absolute atomic E-state index is 0.239. The Balaban J connectivity index is 1.47. The average Bonchev–Trinajstić information content (AvgIpc) is 3.26. The molecule has 0 saturated carbocycles. The van der Waals surface area contributed by atoms with Gasteiger partial charge in [-0.3, -0.25) is 14.9 Å². The highest BCUT2D eigenvalue weighted by molar-refractivity contribution is 7.14. The van der Waals surface area contributed by atoms with Crippen molar-refractivity contribution in [3.8, 4) is 0 Å². The highest BCUT2D eigenvalue weighted by Crippen LogP contribution is 2.32. The first-order valence-electron chi connectivity index (χ1n) is 9.98. The number of benzene rings is 2. The molecule has 0 saturated heterocycles. The van der Waals surface area contributed by atoms with Crippen molar-refractivity contribution in [3.63, 3.8) is 0 Å². The van der Waals surface area contributed by atoms with Gasteiger partial charge in [-0.25, -0.2) is 4.98 Å². The van der Waals surface area contributed by atoms with Crippen LogP contribution in [0.2, 0.25) is 0 Å². The summed E-state index contributed by atoms with van der Waals surface area (Å²) in [6.07, 6.45) is -2.68. The van der Waals surface area contributed by atoms with Crippen molar-refractivity contribution >= 4 is 39.7 Å². The number of thiazole rings is 1. The number of fused-ring (bicyclic) bond motifs is 1. The van der Waals surface area contributed by atoms with Crippen LogP contribution in [-0.4, -0.2) is 28.2 Å². The quantitative estimate of drug-likeness (QED) is 0.499. The molecule has 1 aliphatic rings. The Morgan fingerprint density at radius 2 is 1.91 bits per heavy atom. The maximum atomic E-state index is 12.9. The molecule has 6 nitrogen and oxygen atoms in total. The molecule has 0 bridgehead atoms. The third-order valence-corrected chi connectivity index (χ3v) is 5.94. The normalized spacial score (nSPS) is 13.2. The van der Waals surface area contributed by atoms with Crippen LogP contribution in [0, 0.1) is 0 Å². The van der Waals surface area contributed by atoms with Crippen LogP contribution < -0.4 is 10.6 Å². The summed E-state index contributed by atoms with van der Waals surface area (Å²) >= 11 is 1.16. The number of alkyl halides is 3. The minimum atomic E-state index is -4.38. The minimum Gasteiger partial charge on any atom is -0.355 e. The lowest BCUT2D eigenvalue weighted by Gasteiger charge is -2.30. The van der Waals surface area contributed by atoms with Crippen LogP contribution in [0.3, 0.4) is 0 Å². The lowest BCUT2D eigenvalue weighted by molar-refractivity contribution is -0.137. The van der Waals surface area contributed by atoms with E-state index in [1.807, 2.05) is 18.2 Å². The van der Waals surface area contributed by atoms with Crippen molar-refractivity contribution < 1.29 is 22.8 Å². The lowest BCUT2D eigenvalue weighted by atomic mass is 9.97. The van der Waals surface area contributed by atoms with Crippen LogP contribution in [0.25, 0.3) is 0 Å². The summed E-state index contributed by atoms with van der Waals surface area (Å²) in [4.78, 5) is 30.2. The summed E-state index contributed by atoms with van der Waals surface area (Å²) in [6.45, 7) is 4.22. The Kier molecular flexibility index (Phi) is 6.19. The molecule has 0 radical (unpaired) electrons. The van der Waals surface area contributed by atoms with Crippen LogP contribution in [0.5, 0.6) is 0 Å². The molecule has 0 spiro atoms. The molecule has 170 valence electrons. The molecule has 2 heterocycles. The SMILES string of the molecule is C=CC(=O)Nc1nc(C(=O)N2CCc3c(cccc3Nc3ccc(C(F)(F)F)cc3)C2)cs1. The zero-order chi connectivity index (χ0) is 23.6. The molecular weight excluding hydrogens is 453 g/mol. The Bertz CT molecular complexity index is 1210. The predicted molar refractivity (Wildman–Crippen MR) is 121 cm³/mol. The summed E-state index contributed by atoms with van der Waals surface area (Å²) in [6, 6.07) is 10.5. The number of anilines is 3. The van der Waals surface area contributed by atoms with E-state index < -0.39 is 17.6 Å². The number of nitrogens with zero attached hydrogens (tertiary/aromatic N) is 2. The molecule has 0 aliphatic carbocycles. The van der Waals surface area contributed by atoms with Gasteiger partial charge in [0.1, 0.15) is 5.69 Å². The van der Waals surface area contributed by atoms with Gasteiger partial charge in [-0.15, -0.1) is 11.3 Å². The molecule has 0 unspecified atom stereocenters. The Morgan fingerprint density at radius 3 is 2.61 bits per heavy atom. The first kappa shape index (κ1) is 22.5. The van der Waals surface area contributed by atoms with Gasteiger partial charge >= 0.3 is 6.18 Å². The Labute approximate surface area is 191 Å². The van der Waals surface area contributed by atoms with Crippen molar-refractivity contribution in [3.05, 3.63) is 82.9 Å².